The highest BCUT2D eigenvalue weighted by Gasteiger charge is 2.29. The number of fused-ring (bicyclic) bond motifs is 1. The molecule has 1 unspecified atom stereocenters. The molecule has 1 aromatic rings. The summed E-state index contributed by atoms with van der Waals surface area (Å²) in [5, 5.41) is 9.03. The van der Waals surface area contributed by atoms with Gasteiger partial charge < -0.3 is 10.0 Å². The van der Waals surface area contributed by atoms with E-state index in [9.17, 15) is 0 Å². The number of aliphatic hydroxyl groups is 1. The molecule has 0 saturated carbocycles. The lowest BCUT2D eigenvalue weighted by atomic mass is 9.99. The Bertz CT molecular complexity index is 393. The van der Waals surface area contributed by atoms with E-state index in [-0.39, 0.29) is 6.61 Å². The molecule has 0 radical (unpaired) electrons. The van der Waals surface area contributed by atoms with E-state index >= 15 is 0 Å². The molecular weight excluding hydrogens is 226 g/mol. The number of nitrogens with zero attached hydrogens (tertiary/aromatic N) is 3. The summed E-state index contributed by atoms with van der Waals surface area (Å²) < 4.78 is 0. The fraction of sp³-hybridized carbons (Fsp3) is 0.643. The number of piperidine rings is 1. The van der Waals surface area contributed by atoms with Gasteiger partial charge in [-0.25, -0.2) is 4.98 Å². The highest BCUT2D eigenvalue weighted by Crippen LogP contribution is 2.23. The van der Waals surface area contributed by atoms with Crippen LogP contribution in [0.15, 0.2) is 18.3 Å². The van der Waals surface area contributed by atoms with Crippen molar-refractivity contribution in [3.05, 3.63) is 23.9 Å². The molecule has 3 rings (SSSR count). The maximum absolute atomic E-state index is 9.03. The van der Waals surface area contributed by atoms with E-state index < -0.39 is 0 Å². The number of hydrogen-bond acceptors (Lipinski definition) is 4. The standard InChI is InChI=1S/C14H21N3O/c18-11-12-4-5-14(15-9-12)17-8-7-16-6-2-1-3-13(16)10-17/h4-5,9,13,18H,1-3,6-8,10-11H2. The first-order valence-corrected chi connectivity index (χ1v) is 6.91. The van der Waals surface area contributed by atoms with Crippen LogP contribution >= 0.6 is 0 Å². The van der Waals surface area contributed by atoms with Gasteiger partial charge in [-0.1, -0.05) is 12.5 Å². The average Bonchev–Trinajstić information content (AvgIpc) is 2.47. The van der Waals surface area contributed by atoms with Crippen molar-refractivity contribution in [2.75, 3.05) is 31.1 Å². The highest BCUT2D eigenvalue weighted by molar-refractivity contribution is 5.40. The number of aromatic nitrogens is 1. The minimum atomic E-state index is 0.0731. The molecule has 0 aliphatic carbocycles. The highest BCUT2D eigenvalue weighted by atomic mass is 16.3. The topological polar surface area (TPSA) is 39.6 Å². The van der Waals surface area contributed by atoms with Crippen molar-refractivity contribution in [3.8, 4) is 0 Å². The molecule has 3 heterocycles. The van der Waals surface area contributed by atoms with Crippen molar-refractivity contribution in [1.29, 1.82) is 0 Å². The Labute approximate surface area is 108 Å². The zero-order chi connectivity index (χ0) is 12.4. The molecule has 0 aromatic carbocycles. The van der Waals surface area contributed by atoms with Crippen molar-refractivity contribution in [1.82, 2.24) is 9.88 Å². The molecular formula is C14H21N3O. The number of piperazine rings is 1. The maximum atomic E-state index is 9.03. The number of anilines is 1. The molecule has 2 aliphatic heterocycles. The van der Waals surface area contributed by atoms with Crippen LogP contribution < -0.4 is 4.90 Å². The Morgan fingerprint density at radius 2 is 2.17 bits per heavy atom. The number of rotatable bonds is 2. The quantitative estimate of drug-likeness (QED) is 0.854. The molecule has 98 valence electrons. The molecule has 1 N–H and O–H groups in total. The van der Waals surface area contributed by atoms with Crippen molar-refractivity contribution >= 4 is 5.82 Å². The zero-order valence-corrected chi connectivity index (χ0v) is 10.8. The summed E-state index contributed by atoms with van der Waals surface area (Å²) in [6.45, 7) is 4.68. The molecule has 0 amide bonds. The summed E-state index contributed by atoms with van der Waals surface area (Å²) in [6, 6.07) is 4.71. The van der Waals surface area contributed by atoms with E-state index in [2.05, 4.69) is 14.8 Å². The van der Waals surface area contributed by atoms with E-state index in [0.29, 0.717) is 6.04 Å². The average molecular weight is 247 g/mol. The van der Waals surface area contributed by atoms with Crippen LogP contribution in [0, 0.1) is 0 Å². The smallest absolute Gasteiger partial charge is 0.128 e. The zero-order valence-electron chi connectivity index (χ0n) is 10.8. The van der Waals surface area contributed by atoms with Crippen molar-refractivity contribution < 1.29 is 5.11 Å². The molecule has 18 heavy (non-hydrogen) atoms. The molecule has 0 spiro atoms. The fourth-order valence-electron chi connectivity index (χ4n) is 3.06. The Morgan fingerprint density at radius 1 is 1.22 bits per heavy atom. The van der Waals surface area contributed by atoms with Crippen LogP contribution in [0.4, 0.5) is 5.82 Å². The van der Waals surface area contributed by atoms with E-state index in [1.165, 1.54) is 25.8 Å². The van der Waals surface area contributed by atoms with Gasteiger partial charge in [0.1, 0.15) is 5.82 Å². The summed E-state index contributed by atoms with van der Waals surface area (Å²) >= 11 is 0. The van der Waals surface area contributed by atoms with Gasteiger partial charge in [0.15, 0.2) is 0 Å². The third-order valence-electron chi connectivity index (χ3n) is 4.15. The van der Waals surface area contributed by atoms with Crippen molar-refractivity contribution in [3.63, 3.8) is 0 Å². The minimum Gasteiger partial charge on any atom is -0.392 e. The molecule has 2 fully saturated rings. The summed E-state index contributed by atoms with van der Waals surface area (Å²) in [5.41, 5.74) is 0.884. The SMILES string of the molecule is OCc1ccc(N2CCN3CCCCC3C2)nc1. The molecule has 0 bridgehead atoms. The summed E-state index contributed by atoms with van der Waals surface area (Å²) in [4.78, 5) is 9.47. The molecule has 2 saturated heterocycles. The first kappa shape index (κ1) is 11.9. The molecule has 1 atom stereocenters. The number of hydrogen-bond donors (Lipinski definition) is 1. The third-order valence-corrected chi connectivity index (χ3v) is 4.15. The van der Waals surface area contributed by atoms with Gasteiger partial charge in [0.25, 0.3) is 0 Å². The van der Waals surface area contributed by atoms with Gasteiger partial charge in [-0.3, -0.25) is 4.90 Å². The summed E-state index contributed by atoms with van der Waals surface area (Å²) in [7, 11) is 0. The number of pyridine rings is 1. The van der Waals surface area contributed by atoms with Crippen LogP contribution in [0.25, 0.3) is 0 Å². The predicted octanol–water partition coefficient (Wildman–Crippen LogP) is 1.25. The second kappa shape index (κ2) is 5.24. The maximum Gasteiger partial charge on any atom is 0.128 e. The Balaban J connectivity index is 1.69. The van der Waals surface area contributed by atoms with E-state index in [1.54, 1.807) is 6.20 Å². The van der Waals surface area contributed by atoms with E-state index in [4.69, 9.17) is 5.11 Å². The second-order valence-corrected chi connectivity index (χ2v) is 5.31. The van der Waals surface area contributed by atoms with Crippen LogP contribution in [0.1, 0.15) is 24.8 Å². The van der Waals surface area contributed by atoms with Gasteiger partial charge >= 0.3 is 0 Å². The van der Waals surface area contributed by atoms with Gasteiger partial charge in [-0.15, -0.1) is 0 Å². The normalized spacial score (nSPS) is 24.9. The monoisotopic (exact) mass is 247 g/mol. The van der Waals surface area contributed by atoms with Gasteiger partial charge in [0, 0.05) is 31.9 Å². The first-order chi connectivity index (χ1) is 8.86. The lowest BCUT2D eigenvalue weighted by Gasteiger charge is -2.44. The van der Waals surface area contributed by atoms with Crippen LogP contribution in [0.2, 0.25) is 0 Å². The van der Waals surface area contributed by atoms with Crippen molar-refractivity contribution in [2.24, 2.45) is 0 Å². The van der Waals surface area contributed by atoms with Gasteiger partial charge in [-0.05, 0) is 31.0 Å². The predicted molar refractivity (Wildman–Crippen MR) is 71.6 cm³/mol. The first-order valence-electron chi connectivity index (χ1n) is 6.91. The molecule has 2 aliphatic rings. The summed E-state index contributed by atoms with van der Waals surface area (Å²) in [6.07, 6.45) is 5.83. The Hall–Kier alpha value is -1.13. The van der Waals surface area contributed by atoms with E-state index in [0.717, 1.165) is 31.0 Å². The molecule has 4 heteroatoms. The third kappa shape index (κ3) is 2.35. The molecule has 4 nitrogen and oxygen atoms in total. The van der Waals surface area contributed by atoms with Crippen LogP contribution in [-0.4, -0.2) is 47.2 Å². The van der Waals surface area contributed by atoms with Crippen LogP contribution in [0.5, 0.6) is 0 Å². The molecule has 1 aromatic heterocycles. The van der Waals surface area contributed by atoms with E-state index in [1.807, 2.05) is 12.1 Å². The largest absolute Gasteiger partial charge is 0.392 e. The Kier molecular flexibility index (Phi) is 3.48. The van der Waals surface area contributed by atoms with Gasteiger partial charge in [-0.2, -0.15) is 0 Å². The lowest BCUT2D eigenvalue weighted by Crippen LogP contribution is -2.55. The van der Waals surface area contributed by atoms with Gasteiger partial charge in [0.05, 0.1) is 6.61 Å². The minimum absolute atomic E-state index is 0.0731. The summed E-state index contributed by atoms with van der Waals surface area (Å²) in [5.74, 6) is 1.05. The second-order valence-electron chi connectivity index (χ2n) is 5.31. The van der Waals surface area contributed by atoms with Gasteiger partial charge in [0.2, 0.25) is 0 Å². The fourth-order valence-corrected chi connectivity index (χ4v) is 3.06. The van der Waals surface area contributed by atoms with Crippen molar-refractivity contribution in [2.45, 2.75) is 31.9 Å². The Morgan fingerprint density at radius 3 is 2.94 bits per heavy atom. The van der Waals surface area contributed by atoms with Crippen LogP contribution in [-0.2, 0) is 6.61 Å². The number of aliphatic hydroxyl groups excluding tert-OH is 1. The lowest BCUT2D eigenvalue weighted by molar-refractivity contribution is 0.133. The van der Waals surface area contributed by atoms with Crippen LogP contribution in [0.3, 0.4) is 0 Å².